The summed E-state index contributed by atoms with van der Waals surface area (Å²) in [5.74, 6) is -0.343. The number of rotatable bonds is 7. The molecule has 0 saturated heterocycles. The highest BCUT2D eigenvalue weighted by Crippen LogP contribution is 1.89. The monoisotopic (exact) mass is 212 g/mol. The Morgan fingerprint density at radius 1 is 1.67 bits per heavy atom. The van der Waals surface area contributed by atoms with Gasteiger partial charge in [-0.25, -0.2) is 0 Å². The first-order valence-corrected chi connectivity index (χ1v) is 4.83. The number of primary amides is 1. The maximum absolute atomic E-state index is 10.4. The van der Waals surface area contributed by atoms with Crippen molar-refractivity contribution in [2.24, 2.45) is 5.73 Å². The summed E-state index contributed by atoms with van der Waals surface area (Å²) < 4.78 is 1.65. The minimum absolute atomic E-state index is 0.286. The average Bonchev–Trinajstić information content (AvgIpc) is 2.64. The van der Waals surface area contributed by atoms with E-state index in [-0.39, 0.29) is 12.3 Å². The molecule has 15 heavy (non-hydrogen) atoms. The highest BCUT2D eigenvalue weighted by atomic mass is 16.3. The largest absolute Gasteiger partial charge is 0.390 e. The number of carbonyl (C=O) groups is 1. The van der Waals surface area contributed by atoms with Gasteiger partial charge in [-0.3, -0.25) is 9.48 Å². The highest BCUT2D eigenvalue weighted by molar-refractivity contribution is 5.73. The van der Waals surface area contributed by atoms with Gasteiger partial charge >= 0.3 is 0 Å². The predicted molar refractivity (Wildman–Crippen MR) is 54.9 cm³/mol. The molecule has 1 atom stereocenters. The van der Waals surface area contributed by atoms with E-state index < -0.39 is 6.10 Å². The van der Waals surface area contributed by atoms with Gasteiger partial charge in [0, 0.05) is 31.9 Å². The summed E-state index contributed by atoms with van der Waals surface area (Å²) in [6.07, 6.45) is 3.21. The second-order valence-corrected chi connectivity index (χ2v) is 3.30. The van der Waals surface area contributed by atoms with E-state index in [4.69, 9.17) is 5.73 Å². The third kappa shape index (κ3) is 5.14. The molecule has 1 rings (SSSR count). The molecule has 0 aliphatic heterocycles. The van der Waals surface area contributed by atoms with Gasteiger partial charge in [0.15, 0.2) is 0 Å². The van der Waals surface area contributed by atoms with E-state index in [2.05, 4.69) is 10.4 Å². The number of nitrogens with zero attached hydrogens (tertiary/aromatic N) is 2. The van der Waals surface area contributed by atoms with Gasteiger partial charge in [-0.1, -0.05) is 0 Å². The quantitative estimate of drug-likeness (QED) is 0.490. The topological polar surface area (TPSA) is 93.2 Å². The third-order valence-electron chi connectivity index (χ3n) is 1.89. The molecule has 1 heterocycles. The summed E-state index contributed by atoms with van der Waals surface area (Å²) in [6, 6.07) is 1.80. The van der Waals surface area contributed by atoms with Gasteiger partial charge in [0.1, 0.15) is 0 Å². The van der Waals surface area contributed by atoms with Crippen molar-refractivity contribution in [1.29, 1.82) is 0 Å². The fraction of sp³-hybridized carbons (Fsp3) is 0.556. The minimum Gasteiger partial charge on any atom is -0.390 e. The maximum Gasteiger partial charge on any atom is 0.218 e. The average molecular weight is 212 g/mol. The summed E-state index contributed by atoms with van der Waals surface area (Å²) in [7, 11) is 0. The van der Waals surface area contributed by atoms with Crippen molar-refractivity contribution in [1.82, 2.24) is 15.1 Å². The third-order valence-corrected chi connectivity index (χ3v) is 1.89. The molecule has 0 radical (unpaired) electrons. The second-order valence-electron chi connectivity index (χ2n) is 3.30. The van der Waals surface area contributed by atoms with Crippen LogP contribution in [-0.2, 0) is 11.3 Å². The Balaban J connectivity index is 2.08. The molecule has 0 aliphatic carbocycles. The molecule has 4 N–H and O–H groups in total. The number of carbonyl (C=O) groups excluding carboxylic acids is 1. The Bertz CT molecular complexity index is 286. The van der Waals surface area contributed by atoms with Gasteiger partial charge in [0.05, 0.1) is 12.6 Å². The van der Waals surface area contributed by atoms with Gasteiger partial charge in [-0.15, -0.1) is 0 Å². The van der Waals surface area contributed by atoms with Gasteiger partial charge < -0.3 is 16.2 Å². The zero-order chi connectivity index (χ0) is 11.1. The van der Waals surface area contributed by atoms with E-state index in [0.717, 1.165) is 0 Å². The van der Waals surface area contributed by atoms with Crippen LogP contribution in [0, 0.1) is 0 Å². The Morgan fingerprint density at radius 2 is 2.47 bits per heavy atom. The van der Waals surface area contributed by atoms with Crippen LogP contribution in [0.2, 0.25) is 0 Å². The zero-order valence-electron chi connectivity index (χ0n) is 8.47. The van der Waals surface area contributed by atoms with Crippen molar-refractivity contribution in [2.75, 3.05) is 13.1 Å². The van der Waals surface area contributed by atoms with Crippen molar-refractivity contribution in [3.63, 3.8) is 0 Å². The van der Waals surface area contributed by atoms with Crippen molar-refractivity contribution < 1.29 is 9.90 Å². The predicted octanol–water partition coefficient (Wildman–Crippen LogP) is -1.29. The number of aliphatic hydroxyl groups excluding tert-OH is 1. The Morgan fingerprint density at radius 3 is 3.07 bits per heavy atom. The van der Waals surface area contributed by atoms with Crippen LogP contribution < -0.4 is 11.1 Å². The normalized spacial score (nSPS) is 12.6. The van der Waals surface area contributed by atoms with Gasteiger partial charge in [0.2, 0.25) is 5.91 Å². The minimum atomic E-state index is -0.516. The van der Waals surface area contributed by atoms with Gasteiger partial charge in [0.25, 0.3) is 0 Å². The molecule has 0 saturated carbocycles. The number of aliphatic hydroxyl groups is 1. The molecule has 6 heteroatoms. The van der Waals surface area contributed by atoms with Crippen molar-refractivity contribution in [2.45, 2.75) is 19.1 Å². The summed E-state index contributed by atoms with van der Waals surface area (Å²) in [5.41, 5.74) is 4.96. The molecule has 0 aromatic carbocycles. The molecular formula is C9H16N4O2. The highest BCUT2D eigenvalue weighted by Gasteiger charge is 2.04. The molecule has 0 spiro atoms. The zero-order valence-corrected chi connectivity index (χ0v) is 8.47. The number of aromatic nitrogens is 2. The van der Waals surface area contributed by atoms with E-state index in [1.54, 1.807) is 23.1 Å². The first-order valence-electron chi connectivity index (χ1n) is 4.83. The first-order chi connectivity index (χ1) is 7.18. The Labute approximate surface area is 88.1 Å². The lowest BCUT2D eigenvalue weighted by Gasteiger charge is -2.11. The van der Waals surface area contributed by atoms with Crippen LogP contribution in [-0.4, -0.2) is 40.0 Å². The van der Waals surface area contributed by atoms with Crippen LogP contribution in [0.15, 0.2) is 18.5 Å². The van der Waals surface area contributed by atoms with Crippen molar-refractivity contribution in [3.8, 4) is 0 Å². The second kappa shape index (κ2) is 6.15. The van der Waals surface area contributed by atoms with Crippen molar-refractivity contribution in [3.05, 3.63) is 18.5 Å². The Hall–Kier alpha value is -1.40. The smallest absolute Gasteiger partial charge is 0.218 e. The van der Waals surface area contributed by atoms with E-state index in [9.17, 15) is 9.90 Å². The van der Waals surface area contributed by atoms with E-state index in [0.29, 0.717) is 19.6 Å². The fourth-order valence-electron chi connectivity index (χ4n) is 1.17. The number of amides is 1. The van der Waals surface area contributed by atoms with Crippen LogP contribution >= 0.6 is 0 Å². The molecule has 1 unspecified atom stereocenters. The standard InChI is InChI=1S/C9H16N4O2/c10-9(15)2-4-11-6-8(14)7-13-5-1-3-12-13/h1,3,5,8,11,14H,2,4,6-7H2,(H2,10,15). The lowest BCUT2D eigenvalue weighted by atomic mass is 10.3. The van der Waals surface area contributed by atoms with Crippen LogP contribution in [0.1, 0.15) is 6.42 Å². The first kappa shape index (κ1) is 11.7. The lowest BCUT2D eigenvalue weighted by molar-refractivity contribution is -0.117. The van der Waals surface area contributed by atoms with Crippen LogP contribution in [0.5, 0.6) is 0 Å². The number of hydrogen-bond donors (Lipinski definition) is 3. The van der Waals surface area contributed by atoms with Crippen LogP contribution in [0.4, 0.5) is 0 Å². The molecule has 0 aliphatic rings. The van der Waals surface area contributed by atoms with E-state index in [1.807, 2.05) is 0 Å². The molecule has 1 aromatic heterocycles. The molecule has 6 nitrogen and oxygen atoms in total. The summed E-state index contributed by atoms with van der Waals surface area (Å²) >= 11 is 0. The molecular weight excluding hydrogens is 196 g/mol. The molecule has 0 bridgehead atoms. The van der Waals surface area contributed by atoms with Crippen LogP contribution in [0.25, 0.3) is 0 Å². The number of nitrogens with one attached hydrogen (secondary N) is 1. The summed E-state index contributed by atoms with van der Waals surface area (Å²) in [4.78, 5) is 10.4. The van der Waals surface area contributed by atoms with Crippen molar-refractivity contribution >= 4 is 5.91 Å². The maximum atomic E-state index is 10.4. The van der Waals surface area contributed by atoms with Crippen LogP contribution in [0.3, 0.4) is 0 Å². The SMILES string of the molecule is NC(=O)CCNCC(O)Cn1cccn1. The summed E-state index contributed by atoms with van der Waals surface area (Å²) in [6.45, 7) is 1.36. The van der Waals surface area contributed by atoms with Gasteiger partial charge in [-0.05, 0) is 6.07 Å². The molecule has 0 fully saturated rings. The fourth-order valence-corrected chi connectivity index (χ4v) is 1.17. The Kier molecular flexibility index (Phi) is 4.79. The number of hydrogen-bond acceptors (Lipinski definition) is 4. The summed E-state index contributed by atoms with van der Waals surface area (Å²) in [5, 5.41) is 16.5. The van der Waals surface area contributed by atoms with Gasteiger partial charge in [-0.2, -0.15) is 5.10 Å². The van der Waals surface area contributed by atoms with E-state index >= 15 is 0 Å². The van der Waals surface area contributed by atoms with E-state index in [1.165, 1.54) is 0 Å². The molecule has 1 amide bonds. The number of nitrogens with two attached hydrogens (primary N) is 1. The molecule has 1 aromatic rings. The molecule has 84 valence electrons. The lowest BCUT2D eigenvalue weighted by Crippen LogP contribution is -2.32.